The highest BCUT2D eigenvalue weighted by molar-refractivity contribution is 5.96. The molecule has 0 aliphatic rings. The standard InChI is InChI=1S/C17H17N7O3/c18-15(25)13(6-11-4-2-1-3-5-11)22-16(26)12-7-20-14(23-17(12)27)8-24-10-19-9-21-24/h1-5,7,9-10,13H,6,8H2,(H2,18,25)(H,22,26)(H,20,23,27)/t13-/m0/s1. The highest BCUT2D eigenvalue weighted by Gasteiger charge is 2.21. The topological polar surface area (TPSA) is 149 Å². The summed E-state index contributed by atoms with van der Waals surface area (Å²) < 4.78 is 1.47. The number of primary amides is 1. The molecule has 0 fully saturated rings. The molecule has 1 atom stereocenters. The molecule has 2 heterocycles. The zero-order valence-corrected chi connectivity index (χ0v) is 14.2. The monoisotopic (exact) mass is 367 g/mol. The molecule has 27 heavy (non-hydrogen) atoms. The Morgan fingerprint density at radius 1 is 1.26 bits per heavy atom. The van der Waals surface area contributed by atoms with E-state index < -0.39 is 23.4 Å². The van der Waals surface area contributed by atoms with Crippen molar-refractivity contribution in [2.75, 3.05) is 0 Å². The van der Waals surface area contributed by atoms with Crippen molar-refractivity contribution in [1.29, 1.82) is 0 Å². The summed E-state index contributed by atoms with van der Waals surface area (Å²) in [6, 6.07) is 8.15. The lowest BCUT2D eigenvalue weighted by Crippen LogP contribution is -2.47. The van der Waals surface area contributed by atoms with E-state index in [9.17, 15) is 14.4 Å². The minimum Gasteiger partial charge on any atom is -0.368 e. The molecule has 4 N–H and O–H groups in total. The number of aromatic amines is 1. The number of carbonyl (C=O) groups excluding carboxylic acids is 2. The van der Waals surface area contributed by atoms with Gasteiger partial charge in [-0.3, -0.25) is 14.4 Å². The van der Waals surface area contributed by atoms with Crippen LogP contribution in [0, 0.1) is 0 Å². The summed E-state index contributed by atoms with van der Waals surface area (Å²) in [4.78, 5) is 46.6. The number of nitrogens with two attached hydrogens (primary N) is 1. The van der Waals surface area contributed by atoms with E-state index >= 15 is 0 Å². The fourth-order valence-electron chi connectivity index (χ4n) is 2.45. The first-order valence-electron chi connectivity index (χ1n) is 8.07. The minimum atomic E-state index is -0.950. The smallest absolute Gasteiger partial charge is 0.263 e. The number of hydrogen-bond donors (Lipinski definition) is 3. The highest BCUT2D eigenvalue weighted by Crippen LogP contribution is 2.04. The lowest BCUT2D eigenvalue weighted by atomic mass is 10.1. The van der Waals surface area contributed by atoms with E-state index in [2.05, 4.69) is 25.4 Å². The van der Waals surface area contributed by atoms with Crippen molar-refractivity contribution in [2.24, 2.45) is 5.73 Å². The Balaban J connectivity index is 1.72. The van der Waals surface area contributed by atoms with Crippen LogP contribution < -0.4 is 16.6 Å². The third kappa shape index (κ3) is 4.63. The van der Waals surface area contributed by atoms with Gasteiger partial charge in [-0.1, -0.05) is 30.3 Å². The summed E-state index contributed by atoms with van der Waals surface area (Å²) in [7, 11) is 0. The summed E-state index contributed by atoms with van der Waals surface area (Å²) in [5.41, 5.74) is 5.37. The van der Waals surface area contributed by atoms with E-state index in [0.29, 0.717) is 5.82 Å². The normalized spacial score (nSPS) is 11.7. The van der Waals surface area contributed by atoms with Crippen molar-refractivity contribution in [2.45, 2.75) is 19.0 Å². The molecule has 3 aromatic rings. The zero-order chi connectivity index (χ0) is 19.2. The lowest BCUT2D eigenvalue weighted by Gasteiger charge is -2.15. The molecule has 0 spiro atoms. The van der Waals surface area contributed by atoms with Crippen LogP contribution in [0.5, 0.6) is 0 Å². The fourth-order valence-corrected chi connectivity index (χ4v) is 2.45. The van der Waals surface area contributed by atoms with Gasteiger partial charge in [-0.15, -0.1) is 0 Å². The molecular weight excluding hydrogens is 350 g/mol. The Morgan fingerprint density at radius 3 is 2.67 bits per heavy atom. The van der Waals surface area contributed by atoms with Crippen molar-refractivity contribution in [3.05, 3.63) is 76.5 Å². The van der Waals surface area contributed by atoms with Crippen LogP contribution in [0.15, 0.2) is 54.0 Å². The van der Waals surface area contributed by atoms with Crippen LogP contribution in [-0.2, 0) is 17.8 Å². The molecule has 0 aliphatic carbocycles. The Labute approximate surface area is 153 Å². The van der Waals surface area contributed by atoms with Crippen LogP contribution >= 0.6 is 0 Å². The van der Waals surface area contributed by atoms with E-state index in [1.165, 1.54) is 17.3 Å². The van der Waals surface area contributed by atoms with E-state index in [1.807, 2.05) is 30.3 Å². The second-order valence-electron chi connectivity index (χ2n) is 5.78. The van der Waals surface area contributed by atoms with Crippen LogP contribution in [0.1, 0.15) is 21.7 Å². The first kappa shape index (κ1) is 18.0. The second kappa shape index (κ2) is 8.04. The summed E-state index contributed by atoms with van der Waals surface area (Å²) >= 11 is 0. The molecule has 1 aromatic carbocycles. The van der Waals surface area contributed by atoms with Crippen molar-refractivity contribution < 1.29 is 9.59 Å². The minimum absolute atomic E-state index is 0.203. The van der Waals surface area contributed by atoms with Crippen molar-refractivity contribution in [3.8, 4) is 0 Å². The fraction of sp³-hybridized carbons (Fsp3) is 0.176. The Kier molecular flexibility index (Phi) is 5.36. The predicted molar refractivity (Wildman–Crippen MR) is 94.6 cm³/mol. The number of nitrogens with zero attached hydrogens (tertiary/aromatic N) is 4. The van der Waals surface area contributed by atoms with Crippen LogP contribution in [0.4, 0.5) is 0 Å². The van der Waals surface area contributed by atoms with E-state index in [4.69, 9.17) is 5.73 Å². The first-order valence-corrected chi connectivity index (χ1v) is 8.07. The summed E-state index contributed by atoms with van der Waals surface area (Å²) in [5.74, 6) is -1.10. The maximum absolute atomic E-state index is 12.4. The van der Waals surface area contributed by atoms with Gasteiger partial charge in [0.25, 0.3) is 11.5 Å². The first-order chi connectivity index (χ1) is 13.0. The Hall–Kier alpha value is -3.82. The van der Waals surface area contributed by atoms with Gasteiger partial charge in [0, 0.05) is 12.6 Å². The van der Waals surface area contributed by atoms with E-state index in [0.717, 1.165) is 11.8 Å². The second-order valence-corrected chi connectivity index (χ2v) is 5.78. The molecule has 0 saturated heterocycles. The van der Waals surface area contributed by atoms with Gasteiger partial charge in [0.2, 0.25) is 5.91 Å². The van der Waals surface area contributed by atoms with Gasteiger partial charge in [0.05, 0.1) is 0 Å². The van der Waals surface area contributed by atoms with Gasteiger partial charge in [0.1, 0.15) is 36.6 Å². The van der Waals surface area contributed by atoms with E-state index in [1.54, 1.807) is 0 Å². The molecule has 3 rings (SSSR count). The molecule has 2 aromatic heterocycles. The Bertz CT molecular complexity index is 983. The quantitative estimate of drug-likeness (QED) is 0.499. The molecular formula is C17H17N7O3. The summed E-state index contributed by atoms with van der Waals surface area (Å²) in [6.45, 7) is 0.203. The molecule has 0 unspecified atom stereocenters. The third-order valence-electron chi connectivity index (χ3n) is 3.81. The Morgan fingerprint density at radius 2 is 2.04 bits per heavy atom. The molecule has 138 valence electrons. The molecule has 2 amide bonds. The number of hydrogen-bond acceptors (Lipinski definition) is 6. The third-order valence-corrected chi connectivity index (χ3v) is 3.81. The van der Waals surface area contributed by atoms with Crippen LogP contribution in [-0.4, -0.2) is 42.6 Å². The predicted octanol–water partition coefficient (Wildman–Crippen LogP) is -0.764. The van der Waals surface area contributed by atoms with Gasteiger partial charge in [-0.25, -0.2) is 14.6 Å². The molecule has 0 bridgehead atoms. The maximum atomic E-state index is 12.4. The van der Waals surface area contributed by atoms with Crippen molar-refractivity contribution in [3.63, 3.8) is 0 Å². The van der Waals surface area contributed by atoms with Gasteiger partial charge < -0.3 is 16.0 Å². The lowest BCUT2D eigenvalue weighted by molar-refractivity contribution is -0.119. The van der Waals surface area contributed by atoms with Crippen molar-refractivity contribution in [1.82, 2.24) is 30.0 Å². The molecule has 10 nitrogen and oxygen atoms in total. The number of benzene rings is 1. The number of amides is 2. The SMILES string of the molecule is NC(=O)[C@H](Cc1ccccc1)NC(=O)c1cnc(Cn2cncn2)[nH]c1=O. The molecule has 0 radical (unpaired) electrons. The average molecular weight is 367 g/mol. The number of nitrogens with one attached hydrogen (secondary N) is 2. The van der Waals surface area contributed by atoms with Crippen LogP contribution in [0.2, 0.25) is 0 Å². The van der Waals surface area contributed by atoms with Crippen LogP contribution in [0.3, 0.4) is 0 Å². The van der Waals surface area contributed by atoms with E-state index in [-0.39, 0.29) is 18.5 Å². The van der Waals surface area contributed by atoms with Crippen molar-refractivity contribution >= 4 is 11.8 Å². The summed E-state index contributed by atoms with van der Waals surface area (Å²) in [5, 5.41) is 6.40. The highest BCUT2D eigenvalue weighted by atomic mass is 16.2. The maximum Gasteiger partial charge on any atom is 0.263 e. The largest absolute Gasteiger partial charge is 0.368 e. The van der Waals surface area contributed by atoms with Gasteiger partial charge >= 0.3 is 0 Å². The number of rotatable bonds is 7. The molecule has 0 aliphatic heterocycles. The molecule has 10 heteroatoms. The summed E-state index contributed by atoms with van der Waals surface area (Å²) in [6.07, 6.45) is 4.21. The average Bonchev–Trinajstić information content (AvgIpc) is 3.15. The number of carbonyl (C=O) groups is 2. The zero-order valence-electron chi connectivity index (χ0n) is 14.2. The molecule has 0 saturated carbocycles. The van der Waals surface area contributed by atoms with Crippen LogP contribution in [0.25, 0.3) is 0 Å². The van der Waals surface area contributed by atoms with Gasteiger partial charge in [0.15, 0.2) is 0 Å². The van der Waals surface area contributed by atoms with Gasteiger partial charge in [-0.2, -0.15) is 5.10 Å². The number of H-pyrrole nitrogens is 1. The number of aromatic nitrogens is 5. The van der Waals surface area contributed by atoms with Gasteiger partial charge in [-0.05, 0) is 5.56 Å².